The van der Waals surface area contributed by atoms with Gasteiger partial charge in [-0.1, -0.05) is 12.5 Å². The molecular weight excluding hydrogens is 304 g/mol. The average molecular weight is 330 g/mol. The van der Waals surface area contributed by atoms with Gasteiger partial charge in [-0.3, -0.25) is 9.59 Å². The number of rotatable bonds is 4. The van der Waals surface area contributed by atoms with Gasteiger partial charge < -0.3 is 9.15 Å². The molecule has 0 spiro atoms. The molecule has 0 bridgehead atoms. The maximum absolute atomic E-state index is 13.0. The minimum absolute atomic E-state index is 0.0399. The van der Waals surface area contributed by atoms with E-state index in [0.717, 1.165) is 30.4 Å². The second-order valence-corrected chi connectivity index (χ2v) is 7.41. The highest BCUT2D eigenvalue weighted by Crippen LogP contribution is 2.56. The lowest BCUT2D eigenvalue weighted by Crippen LogP contribution is -2.52. The Kier molecular flexibility index (Phi) is 4.66. The predicted octanol–water partition coefficient (Wildman–Crippen LogP) is 3.95. The topological polar surface area (TPSA) is 56.5 Å². The van der Waals surface area contributed by atoms with Crippen LogP contribution in [0.2, 0.25) is 0 Å². The van der Waals surface area contributed by atoms with Crippen LogP contribution in [0.5, 0.6) is 0 Å². The first-order chi connectivity index (χ1) is 11.5. The van der Waals surface area contributed by atoms with Gasteiger partial charge in [0.1, 0.15) is 0 Å². The molecule has 1 heterocycles. The molecule has 0 aliphatic heterocycles. The molecule has 130 valence electrons. The fourth-order valence-electron chi connectivity index (χ4n) is 4.98. The number of allylic oxidation sites excluding steroid dienone is 2. The molecule has 2 aliphatic carbocycles. The molecular formula is C20H26O4. The fourth-order valence-corrected chi connectivity index (χ4v) is 4.98. The highest BCUT2D eigenvalue weighted by molar-refractivity contribution is 5.92. The SMILES string of the molecule is COC(=O)[C@]1(CCc2ccoc2)[C@H](C)CC[C@@H]2C(C)=CC(=O)C[C@@H]21. The first kappa shape index (κ1) is 17.0. The molecule has 24 heavy (non-hydrogen) atoms. The Labute approximate surface area is 143 Å². The van der Waals surface area contributed by atoms with Gasteiger partial charge in [0, 0.05) is 6.42 Å². The maximum atomic E-state index is 13.0. The van der Waals surface area contributed by atoms with Crippen molar-refractivity contribution in [2.45, 2.75) is 46.0 Å². The second-order valence-electron chi connectivity index (χ2n) is 7.41. The summed E-state index contributed by atoms with van der Waals surface area (Å²) < 4.78 is 10.4. The Hall–Kier alpha value is -1.84. The van der Waals surface area contributed by atoms with Crippen LogP contribution >= 0.6 is 0 Å². The van der Waals surface area contributed by atoms with Gasteiger partial charge in [0.15, 0.2) is 5.78 Å². The van der Waals surface area contributed by atoms with Crippen LogP contribution in [0.1, 0.15) is 45.1 Å². The Morgan fingerprint density at radius 1 is 1.42 bits per heavy atom. The Morgan fingerprint density at radius 3 is 2.88 bits per heavy atom. The van der Waals surface area contributed by atoms with Gasteiger partial charge in [0.05, 0.1) is 25.1 Å². The third-order valence-electron chi connectivity index (χ3n) is 6.30. The summed E-state index contributed by atoms with van der Waals surface area (Å²) in [6.45, 7) is 4.17. The zero-order valence-corrected chi connectivity index (χ0v) is 14.7. The number of carbonyl (C=O) groups is 2. The van der Waals surface area contributed by atoms with Crippen LogP contribution in [-0.2, 0) is 20.7 Å². The quantitative estimate of drug-likeness (QED) is 0.784. The molecule has 0 amide bonds. The first-order valence-electron chi connectivity index (χ1n) is 8.79. The van der Waals surface area contributed by atoms with Crippen molar-refractivity contribution in [1.29, 1.82) is 0 Å². The molecule has 0 aromatic carbocycles. The standard InChI is InChI=1S/C20H26O4/c1-13-10-16(21)11-18-17(13)5-4-14(2)20(18,19(22)23-3)8-6-15-7-9-24-12-15/h7,9-10,12,14,17-18H,4-6,8,11H2,1-3H3/t14-,17-,18+,20-/m1/s1. The summed E-state index contributed by atoms with van der Waals surface area (Å²) >= 11 is 0. The minimum atomic E-state index is -0.597. The highest BCUT2D eigenvalue weighted by atomic mass is 16.5. The van der Waals surface area contributed by atoms with Crippen LogP contribution in [0, 0.1) is 23.2 Å². The number of hydrogen-bond acceptors (Lipinski definition) is 4. The van der Waals surface area contributed by atoms with Crippen LogP contribution < -0.4 is 0 Å². The summed E-state index contributed by atoms with van der Waals surface area (Å²) in [5.41, 5.74) is 1.61. The molecule has 1 saturated carbocycles. The maximum Gasteiger partial charge on any atom is 0.312 e. The van der Waals surface area contributed by atoms with Crippen LogP contribution in [0.15, 0.2) is 34.7 Å². The number of methoxy groups -OCH3 is 1. The molecule has 0 N–H and O–H groups in total. The number of hydrogen-bond donors (Lipinski definition) is 0. The predicted molar refractivity (Wildman–Crippen MR) is 90.2 cm³/mol. The number of ketones is 1. The zero-order chi connectivity index (χ0) is 17.3. The normalized spacial score (nSPS) is 32.9. The van der Waals surface area contributed by atoms with E-state index in [9.17, 15) is 9.59 Å². The monoisotopic (exact) mass is 330 g/mol. The van der Waals surface area contributed by atoms with Crippen LogP contribution in [0.3, 0.4) is 0 Å². The number of furan rings is 1. The number of ether oxygens (including phenoxy) is 1. The van der Waals surface area contributed by atoms with Crippen molar-refractivity contribution < 1.29 is 18.7 Å². The van der Waals surface area contributed by atoms with E-state index in [4.69, 9.17) is 9.15 Å². The molecule has 1 aromatic rings. The lowest BCUT2D eigenvalue weighted by atomic mass is 9.51. The fraction of sp³-hybridized carbons (Fsp3) is 0.600. The number of fused-ring (bicyclic) bond motifs is 1. The van der Waals surface area contributed by atoms with Gasteiger partial charge in [-0.2, -0.15) is 0 Å². The average Bonchev–Trinajstić information content (AvgIpc) is 3.07. The number of aryl methyl sites for hydroxylation is 1. The largest absolute Gasteiger partial charge is 0.472 e. The van der Waals surface area contributed by atoms with E-state index in [2.05, 4.69) is 6.92 Å². The van der Waals surface area contributed by atoms with Crippen molar-refractivity contribution in [3.8, 4) is 0 Å². The number of esters is 1. The van der Waals surface area contributed by atoms with E-state index < -0.39 is 5.41 Å². The summed E-state index contributed by atoms with van der Waals surface area (Å²) in [6.07, 6.45) is 9.10. The van der Waals surface area contributed by atoms with Gasteiger partial charge in [-0.05, 0) is 68.1 Å². The van der Waals surface area contributed by atoms with Gasteiger partial charge in [0.2, 0.25) is 0 Å². The minimum Gasteiger partial charge on any atom is -0.472 e. The molecule has 0 unspecified atom stereocenters. The summed E-state index contributed by atoms with van der Waals surface area (Å²) in [6, 6.07) is 1.94. The van der Waals surface area contributed by atoms with Crippen LogP contribution in [0.25, 0.3) is 0 Å². The van der Waals surface area contributed by atoms with Crippen LogP contribution in [-0.4, -0.2) is 18.9 Å². The van der Waals surface area contributed by atoms with E-state index >= 15 is 0 Å². The summed E-state index contributed by atoms with van der Waals surface area (Å²) in [7, 11) is 1.46. The highest BCUT2D eigenvalue weighted by Gasteiger charge is 2.56. The van der Waals surface area contributed by atoms with E-state index in [1.165, 1.54) is 7.11 Å². The summed E-state index contributed by atoms with van der Waals surface area (Å²) in [5.74, 6) is 0.535. The molecule has 2 aliphatic rings. The molecule has 4 nitrogen and oxygen atoms in total. The van der Waals surface area contributed by atoms with Crippen molar-refractivity contribution in [2.75, 3.05) is 7.11 Å². The molecule has 0 saturated heterocycles. The number of carbonyl (C=O) groups excluding carboxylic acids is 2. The molecule has 4 heteroatoms. The zero-order valence-electron chi connectivity index (χ0n) is 14.7. The Balaban J connectivity index is 1.98. The smallest absolute Gasteiger partial charge is 0.312 e. The third kappa shape index (κ3) is 2.72. The lowest BCUT2D eigenvalue weighted by Gasteiger charge is -2.51. The molecule has 3 rings (SSSR count). The van der Waals surface area contributed by atoms with E-state index in [-0.39, 0.29) is 23.6 Å². The van der Waals surface area contributed by atoms with Crippen molar-refractivity contribution in [2.24, 2.45) is 23.2 Å². The first-order valence-corrected chi connectivity index (χ1v) is 8.79. The van der Waals surface area contributed by atoms with Gasteiger partial charge in [-0.15, -0.1) is 0 Å². The van der Waals surface area contributed by atoms with E-state index in [1.807, 2.05) is 13.0 Å². The van der Waals surface area contributed by atoms with Gasteiger partial charge >= 0.3 is 5.97 Å². The molecule has 1 aromatic heterocycles. The van der Waals surface area contributed by atoms with Crippen molar-refractivity contribution in [3.05, 3.63) is 35.8 Å². The van der Waals surface area contributed by atoms with Gasteiger partial charge in [-0.25, -0.2) is 0 Å². The summed E-state index contributed by atoms with van der Waals surface area (Å²) in [4.78, 5) is 25.2. The molecule has 4 atom stereocenters. The lowest BCUT2D eigenvalue weighted by molar-refractivity contribution is -0.168. The summed E-state index contributed by atoms with van der Waals surface area (Å²) in [5, 5.41) is 0. The molecule has 0 radical (unpaired) electrons. The van der Waals surface area contributed by atoms with E-state index in [0.29, 0.717) is 18.8 Å². The second kappa shape index (κ2) is 6.58. The van der Waals surface area contributed by atoms with Crippen molar-refractivity contribution >= 4 is 11.8 Å². The van der Waals surface area contributed by atoms with Crippen LogP contribution in [0.4, 0.5) is 0 Å². The Morgan fingerprint density at radius 2 is 2.21 bits per heavy atom. The Bertz CT molecular complexity index is 643. The third-order valence-corrected chi connectivity index (χ3v) is 6.30. The van der Waals surface area contributed by atoms with Crippen molar-refractivity contribution in [1.82, 2.24) is 0 Å². The van der Waals surface area contributed by atoms with Gasteiger partial charge in [0.25, 0.3) is 0 Å². The molecule has 1 fully saturated rings. The van der Waals surface area contributed by atoms with E-state index in [1.54, 1.807) is 18.6 Å². The van der Waals surface area contributed by atoms with Crippen molar-refractivity contribution in [3.63, 3.8) is 0 Å².